The van der Waals surface area contributed by atoms with Gasteiger partial charge < -0.3 is 9.47 Å². The third kappa shape index (κ3) is 12.1. The lowest BCUT2D eigenvalue weighted by Crippen LogP contribution is -2.24. The van der Waals surface area contributed by atoms with Crippen molar-refractivity contribution in [1.29, 1.82) is 0 Å². The van der Waals surface area contributed by atoms with Gasteiger partial charge in [-0.05, 0) is 80.5 Å². The molecule has 0 aromatic heterocycles. The SMILES string of the molecule is CCCCCCCCC1CCC(OC(=O)c2ccc(OCCCC3CCC(CCCCC)CC3)cc2)CC1. The van der Waals surface area contributed by atoms with Crippen LogP contribution in [0, 0.1) is 17.8 Å². The van der Waals surface area contributed by atoms with Gasteiger partial charge >= 0.3 is 5.97 Å². The highest BCUT2D eigenvalue weighted by molar-refractivity contribution is 5.89. The summed E-state index contributed by atoms with van der Waals surface area (Å²) < 4.78 is 11.8. The Bertz CT molecular complexity index is 726. The van der Waals surface area contributed by atoms with E-state index in [-0.39, 0.29) is 12.1 Å². The molecule has 0 amide bonds. The van der Waals surface area contributed by atoms with Gasteiger partial charge in [0.25, 0.3) is 0 Å². The van der Waals surface area contributed by atoms with Crippen molar-refractivity contribution in [2.75, 3.05) is 6.61 Å². The largest absolute Gasteiger partial charge is 0.494 e. The van der Waals surface area contributed by atoms with Crippen molar-refractivity contribution in [3.8, 4) is 5.75 Å². The molecule has 38 heavy (non-hydrogen) atoms. The minimum Gasteiger partial charge on any atom is -0.494 e. The highest BCUT2D eigenvalue weighted by atomic mass is 16.5. The molecule has 0 heterocycles. The van der Waals surface area contributed by atoms with Crippen LogP contribution in [-0.2, 0) is 4.74 Å². The van der Waals surface area contributed by atoms with Crippen LogP contribution in [0.3, 0.4) is 0 Å². The van der Waals surface area contributed by atoms with Gasteiger partial charge in [-0.2, -0.15) is 0 Å². The van der Waals surface area contributed by atoms with Gasteiger partial charge in [-0.15, -0.1) is 0 Å². The summed E-state index contributed by atoms with van der Waals surface area (Å²) in [6.07, 6.45) is 27.9. The number of esters is 1. The monoisotopic (exact) mass is 526 g/mol. The van der Waals surface area contributed by atoms with E-state index in [0.717, 1.165) is 49.4 Å². The van der Waals surface area contributed by atoms with Gasteiger partial charge in [0, 0.05) is 0 Å². The average molecular weight is 527 g/mol. The molecule has 0 atom stereocenters. The average Bonchev–Trinajstić information content (AvgIpc) is 2.95. The maximum absolute atomic E-state index is 12.7. The van der Waals surface area contributed by atoms with Gasteiger partial charge in [-0.1, -0.05) is 110 Å². The summed E-state index contributed by atoms with van der Waals surface area (Å²) in [6, 6.07) is 7.58. The maximum atomic E-state index is 12.7. The number of carbonyl (C=O) groups is 1. The Morgan fingerprint density at radius 1 is 0.632 bits per heavy atom. The molecule has 2 fully saturated rings. The van der Waals surface area contributed by atoms with Crippen molar-refractivity contribution in [3.63, 3.8) is 0 Å². The van der Waals surface area contributed by atoms with E-state index >= 15 is 0 Å². The quantitative estimate of drug-likeness (QED) is 0.141. The molecule has 216 valence electrons. The van der Waals surface area contributed by atoms with Crippen LogP contribution in [0.2, 0.25) is 0 Å². The second kappa shape index (κ2) is 18.7. The molecule has 3 heteroatoms. The van der Waals surface area contributed by atoms with E-state index in [2.05, 4.69) is 13.8 Å². The first kappa shape index (κ1) is 31.0. The Morgan fingerprint density at radius 3 is 1.71 bits per heavy atom. The summed E-state index contributed by atoms with van der Waals surface area (Å²) in [4.78, 5) is 12.7. The zero-order valence-electron chi connectivity index (χ0n) is 24.9. The van der Waals surface area contributed by atoms with E-state index in [0.29, 0.717) is 5.56 Å². The molecule has 0 radical (unpaired) electrons. The second-order valence-electron chi connectivity index (χ2n) is 12.5. The van der Waals surface area contributed by atoms with Crippen molar-refractivity contribution >= 4 is 5.97 Å². The van der Waals surface area contributed by atoms with Crippen molar-refractivity contribution in [2.45, 2.75) is 155 Å². The molecule has 1 aromatic rings. The summed E-state index contributed by atoms with van der Waals surface area (Å²) in [5, 5.41) is 0. The van der Waals surface area contributed by atoms with E-state index in [1.54, 1.807) is 0 Å². The Hall–Kier alpha value is -1.51. The topological polar surface area (TPSA) is 35.5 Å². The van der Waals surface area contributed by atoms with Crippen LogP contribution < -0.4 is 4.74 Å². The van der Waals surface area contributed by atoms with Crippen LogP contribution >= 0.6 is 0 Å². The third-order valence-electron chi connectivity index (χ3n) is 9.33. The number of hydrogen-bond acceptors (Lipinski definition) is 3. The van der Waals surface area contributed by atoms with E-state index in [4.69, 9.17) is 9.47 Å². The first-order valence-corrected chi connectivity index (χ1v) is 16.6. The minimum absolute atomic E-state index is 0.0886. The van der Waals surface area contributed by atoms with Crippen LogP contribution in [0.25, 0.3) is 0 Å². The second-order valence-corrected chi connectivity index (χ2v) is 12.5. The van der Waals surface area contributed by atoms with Gasteiger partial charge in [-0.25, -0.2) is 4.79 Å². The smallest absolute Gasteiger partial charge is 0.338 e. The van der Waals surface area contributed by atoms with Crippen LogP contribution in [0.5, 0.6) is 5.75 Å². The lowest BCUT2D eigenvalue weighted by Gasteiger charge is -2.28. The molecule has 1 aromatic carbocycles. The lowest BCUT2D eigenvalue weighted by molar-refractivity contribution is 0.0161. The van der Waals surface area contributed by atoms with Crippen molar-refractivity contribution in [3.05, 3.63) is 29.8 Å². The van der Waals surface area contributed by atoms with E-state index in [1.165, 1.54) is 116 Å². The van der Waals surface area contributed by atoms with Gasteiger partial charge in [0.2, 0.25) is 0 Å². The molecule has 2 saturated carbocycles. The van der Waals surface area contributed by atoms with Crippen LogP contribution in [0.4, 0.5) is 0 Å². The van der Waals surface area contributed by atoms with E-state index < -0.39 is 0 Å². The summed E-state index contributed by atoms with van der Waals surface area (Å²) in [5.74, 6) is 3.39. The normalized spacial score (nSPS) is 23.7. The van der Waals surface area contributed by atoms with Crippen molar-refractivity contribution in [1.82, 2.24) is 0 Å². The summed E-state index contributed by atoms with van der Waals surface area (Å²) in [5.41, 5.74) is 0.641. The van der Waals surface area contributed by atoms with Crippen molar-refractivity contribution < 1.29 is 14.3 Å². The molecule has 0 saturated heterocycles. The molecule has 2 aliphatic carbocycles. The zero-order valence-corrected chi connectivity index (χ0v) is 24.9. The molecule has 0 aliphatic heterocycles. The standard InChI is InChI=1S/C35H58O3/c1-3-5-7-8-9-11-14-30-20-24-34(25-21-30)38-35(36)32-22-26-33(27-23-32)37-28-12-15-31-18-16-29(17-19-31)13-10-6-4-2/h22-23,26-27,29-31,34H,3-21,24-25,28H2,1-2H3. The fourth-order valence-electron chi connectivity index (χ4n) is 6.71. The number of unbranched alkanes of at least 4 members (excludes halogenated alkanes) is 7. The number of carbonyl (C=O) groups excluding carboxylic acids is 1. The van der Waals surface area contributed by atoms with Crippen LogP contribution in [-0.4, -0.2) is 18.7 Å². The summed E-state index contributed by atoms with van der Waals surface area (Å²) >= 11 is 0. The Morgan fingerprint density at radius 2 is 1.11 bits per heavy atom. The zero-order chi connectivity index (χ0) is 26.8. The molecule has 0 N–H and O–H groups in total. The molecular formula is C35H58O3. The molecule has 3 rings (SSSR count). The maximum Gasteiger partial charge on any atom is 0.338 e. The summed E-state index contributed by atoms with van der Waals surface area (Å²) in [7, 11) is 0. The Labute approximate surface area is 234 Å². The fraction of sp³-hybridized carbons (Fsp3) is 0.800. The molecule has 3 nitrogen and oxygen atoms in total. The first-order chi connectivity index (χ1) is 18.7. The number of rotatable bonds is 18. The van der Waals surface area contributed by atoms with Gasteiger partial charge in [0.05, 0.1) is 12.2 Å². The highest BCUT2D eigenvalue weighted by Crippen LogP contribution is 2.34. The predicted molar refractivity (Wildman–Crippen MR) is 160 cm³/mol. The molecule has 0 spiro atoms. The molecule has 0 unspecified atom stereocenters. The Kier molecular flexibility index (Phi) is 15.3. The summed E-state index contributed by atoms with van der Waals surface area (Å²) in [6.45, 7) is 5.34. The van der Waals surface area contributed by atoms with Crippen molar-refractivity contribution in [2.24, 2.45) is 17.8 Å². The first-order valence-electron chi connectivity index (χ1n) is 16.6. The Balaban J connectivity index is 1.23. The van der Waals surface area contributed by atoms with Crippen LogP contribution in [0.1, 0.15) is 159 Å². The third-order valence-corrected chi connectivity index (χ3v) is 9.33. The number of hydrogen-bond donors (Lipinski definition) is 0. The van der Waals surface area contributed by atoms with E-state index in [1.807, 2.05) is 24.3 Å². The minimum atomic E-state index is -0.179. The lowest BCUT2D eigenvalue weighted by atomic mass is 9.78. The number of benzene rings is 1. The van der Waals surface area contributed by atoms with Crippen LogP contribution in [0.15, 0.2) is 24.3 Å². The fourth-order valence-corrected chi connectivity index (χ4v) is 6.71. The highest BCUT2D eigenvalue weighted by Gasteiger charge is 2.24. The van der Waals surface area contributed by atoms with E-state index in [9.17, 15) is 4.79 Å². The predicted octanol–water partition coefficient (Wildman–Crippen LogP) is 10.7. The molecule has 2 aliphatic rings. The van der Waals surface area contributed by atoms with Gasteiger partial charge in [0.15, 0.2) is 0 Å². The van der Waals surface area contributed by atoms with Gasteiger partial charge in [0.1, 0.15) is 11.9 Å². The number of ether oxygens (including phenoxy) is 2. The molecular weight excluding hydrogens is 468 g/mol. The molecule has 0 bridgehead atoms. The van der Waals surface area contributed by atoms with Gasteiger partial charge in [-0.3, -0.25) is 0 Å².